The molecule has 6 nitrogen and oxygen atoms in total. The highest BCUT2D eigenvalue weighted by Crippen LogP contribution is 2.13. The molecule has 0 bridgehead atoms. The molecule has 1 saturated heterocycles. The van der Waals surface area contributed by atoms with Gasteiger partial charge in [0.15, 0.2) is 5.96 Å². The molecule has 0 saturated carbocycles. The third-order valence-corrected chi connectivity index (χ3v) is 3.60. The molecule has 0 spiro atoms. The van der Waals surface area contributed by atoms with Gasteiger partial charge in [0.1, 0.15) is 0 Å². The summed E-state index contributed by atoms with van der Waals surface area (Å²) in [6, 6.07) is 0.737. The van der Waals surface area contributed by atoms with Gasteiger partial charge in [-0.1, -0.05) is 0 Å². The first-order chi connectivity index (χ1) is 9.13. The summed E-state index contributed by atoms with van der Waals surface area (Å²) >= 11 is 0. The van der Waals surface area contributed by atoms with Crippen LogP contribution >= 0.6 is 24.0 Å². The third kappa shape index (κ3) is 8.23. The summed E-state index contributed by atoms with van der Waals surface area (Å²) in [5.41, 5.74) is 5.75. The topological polar surface area (TPSA) is 66.1 Å². The molecule has 0 aromatic rings. The first-order valence-corrected chi connectivity index (χ1v) is 7.05. The first-order valence-electron chi connectivity index (χ1n) is 7.05. The fourth-order valence-electron chi connectivity index (χ4n) is 2.31. The number of halogens is 1. The van der Waals surface area contributed by atoms with Crippen LogP contribution in [0.2, 0.25) is 0 Å². The number of piperidine rings is 1. The minimum absolute atomic E-state index is 0. The van der Waals surface area contributed by atoms with Gasteiger partial charge >= 0.3 is 0 Å². The van der Waals surface area contributed by atoms with Crippen molar-refractivity contribution in [3.05, 3.63) is 0 Å². The predicted octanol–water partition coefficient (Wildman–Crippen LogP) is 0.181. The van der Waals surface area contributed by atoms with E-state index in [4.69, 9.17) is 10.5 Å². The van der Waals surface area contributed by atoms with E-state index >= 15 is 0 Å². The highest BCUT2D eigenvalue weighted by Gasteiger charge is 2.19. The lowest BCUT2D eigenvalue weighted by atomic mass is 10.0. The van der Waals surface area contributed by atoms with E-state index in [9.17, 15) is 0 Å². The molecular weight excluding hydrogens is 369 g/mol. The van der Waals surface area contributed by atoms with Gasteiger partial charge in [-0.2, -0.15) is 0 Å². The summed E-state index contributed by atoms with van der Waals surface area (Å²) in [5.74, 6) is 0.514. The number of methoxy groups -OCH3 is 1. The number of guanidine groups is 1. The molecular formula is C13H30IN5O. The summed E-state index contributed by atoms with van der Waals surface area (Å²) in [6.07, 6.45) is 2.50. The largest absolute Gasteiger partial charge is 0.383 e. The predicted molar refractivity (Wildman–Crippen MR) is 94.9 cm³/mol. The van der Waals surface area contributed by atoms with Gasteiger partial charge in [-0.15, -0.1) is 24.0 Å². The van der Waals surface area contributed by atoms with Gasteiger partial charge in [-0.3, -0.25) is 4.99 Å². The number of nitrogens with zero attached hydrogens (tertiary/aromatic N) is 3. The molecule has 1 rings (SSSR count). The number of likely N-dealkylation sites (tertiary alicyclic amines) is 1. The second kappa shape index (κ2) is 11.5. The van der Waals surface area contributed by atoms with Crippen LogP contribution in [0, 0.1) is 0 Å². The van der Waals surface area contributed by atoms with Crippen molar-refractivity contribution in [1.29, 1.82) is 0 Å². The minimum atomic E-state index is 0. The molecule has 7 heteroatoms. The van der Waals surface area contributed by atoms with Crippen molar-refractivity contribution in [3.63, 3.8) is 0 Å². The van der Waals surface area contributed by atoms with E-state index in [1.54, 1.807) is 7.11 Å². The number of aliphatic imine (C=N–C) groups is 1. The minimum Gasteiger partial charge on any atom is -0.383 e. The maximum absolute atomic E-state index is 5.75. The molecule has 0 unspecified atom stereocenters. The van der Waals surface area contributed by atoms with Crippen molar-refractivity contribution < 1.29 is 4.74 Å². The average Bonchev–Trinajstić information content (AvgIpc) is 2.39. The second-order valence-electron chi connectivity index (χ2n) is 5.22. The highest BCUT2D eigenvalue weighted by molar-refractivity contribution is 14.0. The molecule has 0 aromatic heterocycles. The second-order valence-corrected chi connectivity index (χ2v) is 5.22. The Labute approximate surface area is 140 Å². The summed E-state index contributed by atoms with van der Waals surface area (Å²) in [4.78, 5) is 9.11. The Kier molecular flexibility index (Phi) is 11.5. The molecule has 0 amide bonds. The van der Waals surface area contributed by atoms with Gasteiger partial charge in [0, 0.05) is 26.2 Å². The van der Waals surface area contributed by atoms with E-state index in [1.807, 2.05) is 0 Å². The third-order valence-electron chi connectivity index (χ3n) is 3.60. The van der Waals surface area contributed by atoms with E-state index in [-0.39, 0.29) is 24.0 Å². The summed E-state index contributed by atoms with van der Waals surface area (Å²) in [5, 5.41) is 3.02. The van der Waals surface area contributed by atoms with Crippen LogP contribution in [0.4, 0.5) is 0 Å². The van der Waals surface area contributed by atoms with E-state index in [2.05, 4.69) is 34.2 Å². The van der Waals surface area contributed by atoms with E-state index in [0.717, 1.165) is 32.2 Å². The van der Waals surface area contributed by atoms with Crippen molar-refractivity contribution in [2.24, 2.45) is 10.7 Å². The number of rotatable bonds is 7. The van der Waals surface area contributed by atoms with Gasteiger partial charge in [0.25, 0.3) is 0 Å². The van der Waals surface area contributed by atoms with Crippen molar-refractivity contribution in [3.8, 4) is 0 Å². The zero-order valence-corrected chi connectivity index (χ0v) is 15.3. The fourth-order valence-corrected chi connectivity index (χ4v) is 2.31. The van der Waals surface area contributed by atoms with Gasteiger partial charge in [-0.05, 0) is 40.0 Å². The molecule has 1 aliphatic rings. The first kappa shape index (κ1) is 19.9. The Balaban J connectivity index is 0.00000361. The lowest BCUT2D eigenvalue weighted by Gasteiger charge is -2.34. The molecule has 0 atom stereocenters. The Morgan fingerprint density at radius 3 is 2.60 bits per heavy atom. The smallest absolute Gasteiger partial charge is 0.188 e. The number of hydrogen-bond donors (Lipinski definition) is 2. The molecule has 1 heterocycles. The van der Waals surface area contributed by atoms with E-state index in [0.29, 0.717) is 19.1 Å². The fraction of sp³-hybridized carbons (Fsp3) is 0.923. The quantitative estimate of drug-likeness (QED) is 0.277. The Bertz CT molecular complexity index is 267. The Hall–Kier alpha value is -0.120. The standard InChI is InChI=1S/C13H29N5O.HI/c1-17(2)12-4-8-18(9-5-12)10-6-15-13(14)16-7-11-19-3;/h12H,4-11H2,1-3H3,(H3,14,15,16);1H. The van der Waals surface area contributed by atoms with Crippen LogP contribution in [0.3, 0.4) is 0 Å². The van der Waals surface area contributed by atoms with Crippen molar-refractivity contribution in [2.45, 2.75) is 18.9 Å². The molecule has 120 valence electrons. The van der Waals surface area contributed by atoms with E-state index in [1.165, 1.54) is 12.8 Å². The van der Waals surface area contributed by atoms with Crippen molar-refractivity contribution in [2.75, 3.05) is 60.5 Å². The van der Waals surface area contributed by atoms with Gasteiger partial charge in [0.05, 0.1) is 13.2 Å². The monoisotopic (exact) mass is 399 g/mol. The summed E-state index contributed by atoms with van der Waals surface area (Å²) < 4.78 is 4.94. The molecule has 0 radical (unpaired) electrons. The van der Waals surface area contributed by atoms with Crippen molar-refractivity contribution in [1.82, 2.24) is 15.1 Å². The van der Waals surface area contributed by atoms with Gasteiger partial charge in [0.2, 0.25) is 0 Å². The zero-order valence-electron chi connectivity index (χ0n) is 13.0. The molecule has 1 aliphatic heterocycles. The molecule has 3 N–H and O–H groups in total. The number of hydrogen-bond acceptors (Lipinski definition) is 4. The lowest BCUT2D eigenvalue weighted by molar-refractivity contribution is 0.148. The van der Waals surface area contributed by atoms with Crippen LogP contribution in [0.5, 0.6) is 0 Å². The number of nitrogens with one attached hydrogen (secondary N) is 1. The van der Waals surface area contributed by atoms with Crippen LogP contribution in [0.15, 0.2) is 4.99 Å². The van der Waals surface area contributed by atoms with Crippen LogP contribution in [0.25, 0.3) is 0 Å². The van der Waals surface area contributed by atoms with Crippen LogP contribution < -0.4 is 11.1 Å². The molecule has 0 aliphatic carbocycles. The highest BCUT2D eigenvalue weighted by atomic mass is 127. The van der Waals surface area contributed by atoms with Crippen LogP contribution in [-0.2, 0) is 4.74 Å². The maximum atomic E-state index is 5.75. The normalized spacial score (nSPS) is 18.1. The van der Waals surface area contributed by atoms with Crippen LogP contribution in [-0.4, -0.2) is 82.3 Å². The number of nitrogens with two attached hydrogens (primary N) is 1. The summed E-state index contributed by atoms with van der Waals surface area (Å²) in [6.45, 7) is 5.43. The van der Waals surface area contributed by atoms with Gasteiger partial charge < -0.3 is 25.6 Å². The van der Waals surface area contributed by atoms with Crippen LogP contribution in [0.1, 0.15) is 12.8 Å². The van der Waals surface area contributed by atoms with Crippen molar-refractivity contribution >= 4 is 29.9 Å². The summed E-state index contributed by atoms with van der Waals surface area (Å²) in [7, 11) is 6.00. The lowest BCUT2D eigenvalue weighted by Crippen LogP contribution is -2.43. The SMILES string of the molecule is COCCNC(N)=NCCN1CCC(N(C)C)CC1.I. The molecule has 0 aromatic carbocycles. The molecule has 1 fully saturated rings. The maximum Gasteiger partial charge on any atom is 0.188 e. The molecule has 20 heavy (non-hydrogen) atoms. The van der Waals surface area contributed by atoms with Gasteiger partial charge in [-0.25, -0.2) is 0 Å². The Morgan fingerprint density at radius 1 is 1.40 bits per heavy atom. The Morgan fingerprint density at radius 2 is 2.05 bits per heavy atom. The number of ether oxygens (including phenoxy) is 1. The average molecular weight is 399 g/mol. The zero-order chi connectivity index (χ0) is 14.1. The van der Waals surface area contributed by atoms with E-state index < -0.39 is 0 Å².